The van der Waals surface area contributed by atoms with Crippen LogP contribution in [0.5, 0.6) is 0 Å². The molecule has 2 heterocycles. The first-order chi connectivity index (χ1) is 16.4. The van der Waals surface area contributed by atoms with E-state index in [1.54, 1.807) is 48.5 Å². The van der Waals surface area contributed by atoms with Gasteiger partial charge >= 0.3 is 0 Å². The minimum atomic E-state index is -2.04. The smallest absolute Gasteiger partial charge is 0.237 e. The number of nitrogens with zero attached hydrogens (tertiary/aromatic N) is 1. The van der Waals surface area contributed by atoms with Crippen LogP contribution in [0.1, 0.15) is 37.9 Å². The summed E-state index contributed by atoms with van der Waals surface area (Å²) >= 11 is 3.40. The highest BCUT2D eigenvalue weighted by Gasteiger charge is 2.74. The van der Waals surface area contributed by atoms with Crippen LogP contribution in [0.3, 0.4) is 0 Å². The van der Waals surface area contributed by atoms with Crippen molar-refractivity contribution < 1.29 is 23.9 Å². The first-order valence-electron chi connectivity index (χ1n) is 10.9. The van der Waals surface area contributed by atoms with Crippen LogP contribution in [0.4, 0.5) is 0 Å². The molecule has 2 fully saturated rings. The normalized spacial score (nSPS) is 24.7. The zero-order valence-corrected chi connectivity index (χ0v) is 19.4. The Hall–Kier alpha value is -3.42. The summed E-state index contributed by atoms with van der Waals surface area (Å²) in [5.41, 5.74) is -0.167. The fourth-order valence-corrected chi connectivity index (χ4v) is 5.72. The molecule has 2 amide bonds. The number of hydrogen-bond donors (Lipinski definition) is 0. The number of amides is 2. The number of likely N-dealkylation sites (tertiary alicyclic amines) is 1. The second kappa shape index (κ2) is 7.55. The van der Waals surface area contributed by atoms with E-state index in [1.807, 2.05) is 30.3 Å². The Morgan fingerprint density at radius 3 is 1.97 bits per heavy atom. The van der Waals surface area contributed by atoms with E-state index in [0.717, 1.165) is 10.0 Å². The lowest BCUT2D eigenvalue weighted by atomic mass is 9.77. The Morgan fingerprint density at radius 2 is 1.35 bits per heavy atom. The molecule has 0 aromatic heterocycles. The molecule has 0 radical (unpaired) electrons. The summed E-state index contributed by atoms with van der Waals surface area (Å²) in [7, 11) is 0. The maximum Gasteiger partial charge on any atom is 0.237 e. The summed E-state index contributed by atoms with van der Waals surface area (Å²) in [5, 5.41) is 0. The number of rotatable bonds is 3. The fourth-order valence-electron chi connectivity index (χ4n) is 5.45. The summed E-state index contributed by atoms with van der Waals surface area (Å²) < 4.78 is 7.10. The Morgan fingerprint density at radius 1 is 0.765 bits per heavy atom. The Kier molecular flexibility index (Phi) is 4.69. The molecule has 3 aromatic rings. The first kappa shape index (κ1) is 21.1. The molecule has 6 rings (SSSR count). The number of carbonyl (C=O) groups excluding carboxylic acids is 4. The van der Waals surface area contributed by atoms with Crippen LogP contribution in [-0.2, 0) is 20.9 Å². The first-order valence-corrected chi connectivity index (χ1v) is 11.7. The largest absolute Gasteiger partial charge is 0.349 e. The molecule has 0 saturated carbocycles. The van der Waals surface area contributed by atoms with Gasteiger partial charge in [0.25, 0.3) is 0 Å². The van der Waals surface area contributed by atoms with Crippen LogP contribution < -0.4 is 0 Å². The predicted octanol–water partition coefficient (Wildman–Crippen LogP) is 4.14. The van der Waals surface area contributed by atoms with Crippen LogP contribution in [0.25, 0.3) is 0 Å². The highest BCUT2D eigenvalue weighted by Crippen LogP contribution is 2.57. The van der Waals surface area contributed by atoms with Gasteiger partial charge in [-0.05, 0) is 23.3 Å². The van der Waals surface area contributed by atoms with Crippen LogP contribution in [0, 0.1) is 11.8 Å². The van der Waals surface area contributed by atoms with Crippen molar-refractivity contribution in [2.24, 2.45) is 11.8 Å². The van der Waals surface area contributed by atoms with Gasteiger partial charge in [0.1, 0.15) is 0 Å². The van der Waals surface area contributed by atoms with Crippen molar-refractivity contribution in [3.8, 4) is 0 Å². The lowest BCUT2D eigenvalue weighted by Crippen LogP contribution is -2.50. The van der Waals surface area contributed by atoms with Gasteiger partial charge in [-0.1, -0.05) is 82.7 Å². The topological polar surface area (TPSA) is 80.8 Å². The van der Waals surface area contributed by atoms with Crippen molar-refractivity contribution in [2.45, 2.75) is 18.2 Å². The van der Waals surface area contributed by atoms with Gasteiger partial charge in [-0.2, -0.15) is 0 Å². The molecule has 7 heteroatoms. The molecule has 3 aliphatic rings. The molecule has 3 atom stereocenters. The highest BCUT2D eigenvalue weighted by atomic mass is 79.9. The van der Waals surface area contributed by atoms with Crippen LogP contribution in [0.15, 0.2) is 83.3 Å². The van der Waals surface area contributed by atoms with Crippen LogP contribution in [0.2, 0.25) is 0 Å². The molecule has 0 N–H and O–H groups in total. The molecule has 2 aliphatic heterocycles. The van der Waals surface area contributed by atoms with Crippen molar-refractivity contribution in [1.29, 1.82) is 0 Å². The van der Waals surface area contributed by atoms with E-state index in [9.17, 15) is 19.2 Å². The maximum absolute atomic E-state index is 13.7. The summed E-state index contributed by atoms with van der Waals surface area (Å²) in [6, 6.07) is 22.8. The summed E-state index contributed by atoms with van der Waals surface area (Å²) in [6.07, 6.45) is -0.905. The lowest BCUT2D eigenvalue weighted by Gasteiger charge is -2.27. The third kappa shape index (κ3) is 2.77. The Labute approximate surface area is 203 Å². The van der Waals surface area contributed by atoms with E-state index in [0.29, 0.717) is 5.56 Å². The second-order valence-corrected chi connectivity index (χ2v) is 9.70. The molecular formula is C27H18BrNO5. The van der Waals surface area contributed by atoms with Gasteiger partial charge < -0.3 is 4.74 Å². The van der Waals surface area contributed by atoms with Gasteiger partial charge in [0.2, 0.25) is 29.0 Å². The maximum atomic E-state index is 13.7. The zero-order chi connectivity index (χ0) is 23.6. The Balaban J connectivity index is 1.49. The number of ketones is 2. The van der Waals surface area contributed by atoms with E-state index in [4.69, 9.17) is 4.74 Å². The third-order valence-electron chi connectivity index (χ3n) is 6.99. The number of fused-ring (bicyclic) bond motifs is 3. The van der Waals surface area contributed by atoms with Crippen LogP contribution >= 0.6 is 15.9 Å². The SMILES string of the molecule is O=C1[C@H]2[C@@H](c3ccc(Br)cc3)OC3(C(=O)c4ccccc4C3=O)[C@@H]2C(=O)N1Cc1ccccc1. The fraction of sp³-hybridized carbons (Fsp3) is 0.185. The van der Waals surface area contributed by atoms with Gasteiger partial charge in [-0.15, -0.1) is 0 Å². The van der Waals surface area contributed by atoms with Gasteiger partial charge in [0.15, 0.2) is 0 Å². The van der Waals surface area contributed by atoms with E-state index < -0.39 is 46.9 Å². The summed E-state index contributed by atoms with van der Waals surface area (Å²) in [4.78, 5) is 56.0. The van der Waals surface area contributed by atoms with Crippen LogP contribution in [-0.4, -0.2) is 33.9 Å². The number of Topliss-reactive ketones (excluding diaryl/α,β-unsaturated/α-hetero) is 2. The van der Waals surface area contributed by atoms with Crippen molar-refractivity contribution in [3.63, 3.8) is 0 Å². The molecule has 168 valence electrons. The lowest BCUT2D eigenvalue weighted by molar-refractivity contribution is -0.145. The van der Waals surface area contributed by atoms with Gasteiger partial charge in [-0.3, -0.25) is 24.1 Å². The monoisotopic (exact) mass is 515 g/mol. The number of halogens is 1. The standard InChI is InChI=1S/C27H18BrNO5/c28-17-12-10-16(11-13-17)22-20-21(26(33)29(25(20)32)14-15-6-2-1-3-7-15)27(34-22)23(30)18-8-4-5-9-19(18)24(27)31/h1-13,20-22H,14H2/t20-,21+,22-/m1/s1. The van der Waals surface area contributed by atoms with E-state index in [2.05, 4.69) is 15.9 Å². The van der Waals surface area contributed by atoms with Gasteiger partial charge in [0, 0.05) is 15.6 Å². The molecule has 0 bridgehead atoms. The molecule has 6 nitrogen and oxygen atoms in total. The number of imide groups is 1. The average molecular weight is 516 g/mol. The number of carbonyl (C=O) groups is 4. The van der Waals surface area contributed by atoms with Gasteiger partial charge in [-0.25, -0.2) is 0 Å². The van der Waals surface area contributed by atoms with E-state index >= 15 is 0 Å². The third-order valence-corrected chi connectivity index (χ3v) is 7.52. The minimum Gasteiger partial charge on any atom is -0.349 e. The number of hydrogen-bond acceptors (Lipinski definition) is 5. The van der Waals surface area contributed by atoms with Crippen molar-refractivity contribution >= 4 is 39.3 Å². The zero-order valence-electron chi connectivity index (χ0n) is 17.8. The van der Waals surface area contributed by atoms with Crippen molar-refractivity contribution in [3.05, 3.63) is 106 Å². The molecule has 0 unspecified atom stereocenters. The number of benzene rings is 3. The molecule has 34 heavy (non-hydrogen) atoms. The second-order valence-electron chi connectivity index (χ2n) is 8.78. The summed E-state index contributed by atoms with van der Waals surface area (Å²) in [5.74, 6) is -4.27. The molecule has 1 spiro atoms. The molecule has 3 aromatic carbocycles. The highest BCUT2D eigenvalue weighted by molar-refractivity contribution is 9.10. The van der Waals surface area contributed by atoms with Crippen molar-refractivity contribution in [1.82, 2.24) is 4.90 Å². The van der Waals surface area contributed by atoms with Gasteiger partial charge in [0.05, 0.1) is 24.5 Å². The average Bonchev–Trinajstić information content (AvgIpc) is 3.41. The van der Waals surface area contributed by atoms with Crippen molar-refractivity contribution in [2.75, 3.05) is 0 Å². The Bertz CT molecular complexity index is 1330. The quantitative estimate of drug-likeness (QED) is 0.386. The molecule has 2 saturated heterocycles. The van der Waals surface area contributed by atoms with E-state index in [1.165, 1.54) is 4.90 Å². The summed E-state index contributed by atoms with van der Waals surface area (Å²) in [6.45, 7) is 0.0734. The minimum absolute atomic E-state index is 0.0734. The molecular weight excluding hydrogens is 498 g/mol. The number of ether oxygens (including phenoxy) is 1. The molecule has 1 aliphatic carbocycles. The predicted molar refractivity (Wildman–Crippen MR) is 125 cm³/mol. The van der Waals surface area contributed by atoms with E-state index in [-0.39, 0.29) is 17.7 Å².